The smallest absolute Gasteiger partial charge is 0.333 e. The lowest BCUT2D eigenvalue weighted by atomic mass is 9.81. The lowest BCUT2D eigenvalue weighted by Gasteiger charge is -2.28. The fourth-order valence-electron chi connectivity index (χ4n) is 2.55. The van der Waals surface area contributed by atoms with Crippen LogP contribution in [0.2, 0.25) is 0 Å². The normalized spacial score (nSPS) is 11.8. The minimum absolute atomic E-state index is 0.0586. The average molecular weight is 363 g/mol. The first-order valence-corrected chi connectivity index (χ1v) is 9.06. The van der Waals surface area contributed by atoms with Gasteiger partial charge in [-0.3, -0.25) is 0 Å². The van der Waals surface area contributed by atoms with E-state index in [0.717, 1.165) is 22.6 Å². The Kier molecular flexibility index (Phi) is 7.31. The van der Waals surface area contributed by atoms with E-state index in [0.29, 0.717) is 25.2 Å². The number of carbonyl (C=O) groups is 1. The quantitative estimate of drug-likeness (QED) is 0.381. The third-order valence-electron chi connectivity index (χ3n) is 4.05. The maximum Gasteiger partial charge on any atom is 0.333 e. The third-order valence-corrected chi connectivity index (χ3v) is 4.05. The molecule has 1 rings (SSSR count). The first-order valence-electron chi connectivity index (χ1n) is 9.06. The van der Waals surface area contributed by atoms with Gasteiger partial charge in [-0.05, 0) is 29.9 Å². The largest absolute Gasteiger partial charge is 0.496 e. The molecule has 0 amide bonds. The minimum atomic E-state index is -0.361. The molecule has 146 valence electrons. The zero-order chi connectivity index (χ0) is 20.1. The van der Waals surface area contributed by atoms with Gasteiger partial charge in [-0.1, -0.05) is 48.1 Å². The molecule has 0 aliphatic carbocycles. The van der Waals surface area contributed by atoms with Crippen molar-refractivity contribution < 1.29 is 19.0 Å². The summed E-state index contributed by atoms with van der Waals surface area (Å²) in [5, 5.41) is 0. The summed E-state index contributed by atoms with van der Waals surface area (Å²) in [5.74, 6) is 1.37. The predicted molar refractivity (Wildman–Crippen MR) is 106 cm³/mol. The van der Waals surface area contributed by atoms with Crippen molar-refractivity contribution >= 4 is 5.97 Å². The van der Waals surface area contributed by atoms with Crippen molar-refractivity contribution in [2.75, 3.05) is 20.3 Å². The van der Waals surface area contributed by atoms with E-state index < -0.39 is 0 Å². The van der Waals surface area contributed by atoms with Gasteiger partial charge >= 0.3 is 5.97 Å². The Labute approximate surface area is 158 Å². The summed E-state index contributed by atoms with van der Waals surface area (Å²) in [4.78, 5) is 11.4. The van der Waals surface area contributed by atoms with Crippen molar-refractivity contribution in [2.45, 2.75) is 65.7 Å². The molecule has 0 bridgehead atoms. The molecule has 0 fully saturated rings. The van der Waals surface area contributed by atoms with Crippen molar-refractivity contribution in [1.29, 1.82) is 0 Å². The summed E-state index contributed by atoms with van der Waals surface area (Å²) in [6.45, 7) is 18.9. The molecule has 0 unspecified atom stereocenters. The van der Waals surface area contributed by atoms with Gasteiger partial charge in [0, 0.05) is 23.1 Å². The SMILES string of the molecule is C=C(C)C(=O)OCCCOc1cc(C(C)(C)C)c(OC)cc1C(C)(C)C. The first kappa shape index (κ1) is 22.1. The summed E-state index contributed by atoms with van der Waals surface area (Å²) in [6, 6.07) is 4.16. The molecule has 0 saturated heterocycles. The maximum atomic E-state index is 11.4. The van der Waals surface area contributed by atoms with E-state index in [1.54, 1.807) is 14.0 Å². The molecule has 4 nitrogen and oxygen atoms in total. The van der Waals surface area contributed by atoms with Crippen LogP contribution in [0.3, 0.4) is 0 Å². The molecule has 0 heterocycles. The van der Waals surface area contributed by atoms with E-state index >= 15 is 0 Å². The molecule has 4 heteroatoms. The molecule has 0 aliphatic rings. The average Bonchev–Trinajstić information content (AvgIpc) is 2.51. The Bertz CT molecular complexity index is 645. The van der Waals surface area contributed by atoms with Crippen LogP contribution in [0.5, 0.6) is 11.5 Å². The summed E-state index contributed by atoms with van der Waals surface area (Å²) < 4.78 is 16.8. The van der Waals surface area contributed by atoms with E-state index in [2.05, 4.69) is 60.3 Å². The first-order chi connectivity index (χ1) is 11.9. The second kappa shape index (κ2) is 8.61. The molecule has 26 heavy (non-hydrogen) atoms. The molecule has 1 aromatic rings. The van der Waals surface area contributed by atoms with Gasteiger partial charge in [-0.2, -0.15) is 0 Å². The number of ether oxygens (including phenoxy) is 3. The van der Waals surface area contributed by atoms with Gasteiger partial charge in [0.1, 0.15) is 11.5 Å². The molecule has 0 aromatic heterocycles. The fraction of sp³-hybridized carbons (Fsp3) is 0.591. The molecular formula is C22H34O4. The number of carbonyl (C=O) groups excluding carboxylic acids is 1. The molecule has 0 saturated carbocycles. The van der Waals surface area contributed by atoms with Crippen LogP contribution in [0.25, 0.3) is 0 Å². The lowest BCUT2D eigenvalue weighted by Crippen LogP contribution is -2.18. The number of hydrogen-bond donors (Lipinski definition) is 0. The van der Waals surface area contributed by atoms with Crippen molar-refractivity contribution in [3.8, 4) is 11.5 Å². The molecule has 0 N–H and O–H groups in total. The Morgan fingerprint density at radius 2 is 1.46 bits per heavy atom. The number of esters is 1. The predicted octanol–water partition coefficient (Wildman–Crippen LogP) is 5.18. The molecule has 0 aliphatic heterocycles. The number of rotatable bonds is 7. The van der Waals surface area contributed by atoms with Crippen molar-refractivity contribution in [3.63, 3.8) is 0 Å². The highest BCUT2D eigenvalue weighted by Crippen LogP contribution is 2.41. The van der Waals surface area contributed by atoms with E-state index in [1.165, 1.54) is 0 Å². The maximum absolute atomic E-state index is 11.4. The molecule has 0 radical (unpaired) electrons. The van der Waals surface area contributed by atoms with E-state index in [-0.39, 0.29) is 16.8 Å². The highest BCUT2D eigenvalue weighted by molar-refractivity contribution is 5.86. The van der Waals surface area contributed by atoms with Crippen molar-refractivity contribution in [3.05, 3.63) is 35.4 Å². The molecule has 0 spiro atoms. The Balaban J connectivity index is 2.97. The second-order valence-electron chi connectivity index (χ2n) is 8.67. The Morgan fingerprint density at radius 1 is 0.962 bits per heavy atom. The number of benzene rings is 1. The van der Waals surface area contributed by atoms with Gasteiger partial charge in [0.2, 0.25) is 0 Å². The van der Waals surface area contributed by atoms with Gasteiger partial charge in [0.25, 0.3) is 0 Å². The van der Waals surface area contributed by atoms with Crippen LogP contribution in [0.15, 0.2) is 24.3 Å². The second-order valence-corrected chi connectivity index (χ2v) is 8.67. The summed E-state index contributed by atoms with van der Waals surface area (Å²) in [6.07, 6.45) is 0.624. The lowest BCUT2D eigenvalue weighted by molar-refractivity contribution is -0.139. The topological polar surface area (TPSA) is 44.8 Å². The van der Waals surface area contributed by atoms with Gasteiger partial charge < -0.3 is 14.2 Å². The summed E-state index contributed by atoms with van der Waals surface area (Å²) in [7, 11) is 1.70. The van der Waals surface area contributed by atoms with Crippen LogP contribution in [0, 0.1) is 0 Å². The molecular weight excluding hydrogens is 328 g/mol. The summed E-state index contributed by atoms with van der Waals surface area (Å²) in [5.41, 5.74) is 2.48. The van der Waals surface area contributed by atoms with Gasteiger partial charge in [0.15, 0.2) is 0 Å². The van der Waals surface area contributed by atoms with Gasteiger partial charge in [-0.15, -0.1) is 0 Å². The minimum Gasteiger partial charge on any atom is -0.496 e. The standard InChI is InChI=1S/C22H34O4/c1-15(2)20(23)26-12-10-11-25-19-14-16(21(3,4)5)18(24-9)13-17(19)22(6,7)8/h13-14H,1,10-12H2,2-9H3. The van der Waals surface area contributed by atoms with Gasteiger partial charge in [-0.25, -0.2) is 4.79 Å². The highest BCUT2D eigenvalue weighted by atomic mass is 16.5. The zero-order valence-electron chi connectivity index (χ0n) is 17.6. The number of hydrogen-bond acceptors (Lipinski definition) is 4. The Hall–Kier alpha value is -1.97. The van der Waals surface area contributed by atoms with Crippen LogP contribution >= 0.6 is 0 Å². The third kappa shape index (κ3) is 6.08. The highest BCUT2D eigenvalue weighted by Gasteiger charge is 2.26. The summed E-state index contributed by atoms with van der Waals surface area (Å²) >= 11 is 0. The van der Waals surface area contributed by atoms with Crippen LogP contribution < -0.4 is 9.47 Å². The monoisotopic (exact) mass is 362 g/mol. The molecule has 0 atom stereocenters. The van der Waals surface area contributed by atoms with Crippen LogP contribution in [-0.2, 0) is 20.4 Å². The van der Waals surface area contributed by atoms with Crippen molar-refractivity contribution in [2.24, 2.45) is 0 Å². The van der Waals surface area contributed by atoms with Crippen LogP contribution in [-0.4, -0.2) is 26.3 Å². The van der Waals surface area contributed by atoms with E-state index in [1.807, 2.05) is 0 Å². The Morgan fingerprint density at radius 3 is 1.92 bits per heavy atom. The fourth-order valence-corrected chi connectivity index (χ4v) is 2.55. The van der Waals surface area contributed by atoms with E-state index in [4.69, 9.17) is 14.2 Å². The van der Waals surface area contributed by atoms with Gasteiger partial charge in [0.05, 0.1) is 20.3 Å². The molecule has 1 aromatic carbocycles. The van der Waals surface area contributed by atoms with Crippen molar-refractivity contribution in [1.82, 2.24) is 0 Å². The van der Waals surface area contributed by atoms with Crippen LogP contribution in [0.4, 0.5) is 0 Å². The number of methoxy groups -OCH3 is 1. The van der Waals surface area contributed by atoms with E-state index in [9.17, 15) is 4.79 Å². The van der Waals surface area contributed by atoms with Crippen LogP contribution in [0.1, 0.15) is 66.0 Å². The zero-order valence-corrected chi connectivity index (χ0v) is 17.6.